The van der Waals surface area contributed by atoms with Crippen molar-refractivity contribution < 1.29 is 9.53 Å². The van der Waals surface area contributed by atoms with Gasteiger partial charge in [-0.2, -0.15) is 5.10 Å². The number of fused-ring (bicyclic) bond motifs is 1. The maximum atomic E-state index is 12.2. The third-order valence-corrected chi connectivity index (χ3v) is 3.62. The van der Waals surface area contributed by atoms with Gasteiger partial charge in [-0.25, -0.2) is 0 Å². The van der Waals surface area contributed by atoms with Crippen molar-refractivity contribution >= 4 is 16.8 Å². The Bertz CT molecular complexity index is 659. The fourth-order valence-electron chi connectivity index (χ4n) is 2.41. The second-order valence-corrected chi connectivity index (χ2v) is 6.09. The highest BCUT2D eigenvalue weighted by Crippen LogP contribution is 2.20. The molecule has 0 fully saturated rings. The van der Waals surface area contributed by atoms with Crippen molar-refractivity contribution in [1.82, 2.24) is 15.1 Å². The molecule has 0 aliphatic heterocycles. The van der Waals surface area contributed by atoms with Gasteiger partial charge in [-0.1, -0.05) is 11.6 Å². The Morgan fingerprint density at radius 2 is 2.14 bits per heavy atom. The van der Waals surface area contributed by atoms with Gasteiger partial charge in [0.2, 0.25) is 5.91 Å². The van der Waals surface area contributed by atoms with E-state index in [0.29, 0.717) is 13.2 Å². The lowest BCUT2D eigenvalue weighted by molar-refractivity contribution is -0.132. The predicted octanol–water partition coefficient (Wildman–Crippen LogP) is 2.17. The van der Waals surface area contributed by atoms with Crippen LogP contribution in [-0.2, 0) is 23.1 Å². The SMILES string of the molecule is COCC(C)(C)C(=O)NCc1nn(C)c2ccc(C)cc12. The van der Waals surface area contributed by atoms with Crippen molar-refractivity contribution in [3.05, 3.63) is 29.5 Å². The Labute approximate surface area is 125 Å². The summed E-state index contributed by atoms with van der Waals surface area (Å²) in [7, 11) is 3.52. The molecule has 0 radical (unpaired) electrons. The highest BCUT2D eigenvalue weighted by atomic mass is 16.5. The summed E-state index contributed by atoms with van der Waals surface area (Å²) in [6.45, 7) is 6.60. The van der Waals surface area contributed by atoms with Gasteiger partial charge >= 0.3 is 0 Å². The van der Waals surface area contributed by atoms with Gasteiger partial charge in [0.15, 0.2) is 0 Å². The largest absolute Gasteiger partial charge is 0.384 e. The van der Waals surface area contributed by atoms with Crippen molar-refractivity contribution in [1.29, 1.82) is 0 Å². The minimum Gasteiger partial charge on any atom is -0.384 e. The number of hydrogen-bond acceptors (Lipinski definition) is 3. The number of carbonyl (C=O) groups is 1. The zero-order chi connectivity index (χ0) is 15.6. The minimum absolute atomic E-state index is 0.0317. The first-order valence-corrected chi connectivity index (χ1v) is 7.04. The van der Waals surface area contributed by atoms with Gasteiger partial charge in [-0.05, 0) is 32.9 Å². The first-order chi connectivity index (χ1) is 9.85. The second-order valence-electron chi connectivity index (χ2n) is 6.09. The standard InChI is InChI=1S/C16H23N3O2/c1-11-6-7-14-12(8-11)13(18-19(14)4)9-17-15(20)16(2,3)10-21-5/h6-8H,9-10H2,1-5H3,(H,17,20). The van der Waals surface area contributed by atoms with Crippen LogP contribution < -0.4 is 5.32 Å². The van der Waals surface area contributed by atoms with E-state index < -0.39 is 5.41 Å². The smallest absolute Gasteiger partial charge is 0.228 e. The van der Waals surface area contributed by atoms with Gasteiger partial charge in [0, 0.05) is 19.5 Å². The van der Waals surface area contributed by atoms with Crippen LogP contribution in [0.1, 0.15) is 25.1 Å². The first kappa shape index (κ1) is 15.5. The summed E-state index contributed by atoms with van der Waals surface area (Å²) in [5.41, 5.74) is 2.59. The van der Waals surface area contributed by atoms with Gasteiger partial charge < -0.3 is 10.1 Å². The monoisotopic (exact) mass is 289 g/mol. The van der Waals surface area contributed by atoms with Crippen LogP contribution in [0.15, 0.2) is 18.2 Å². The normalized spacial score (nSPS) is 11.9. The average molecular weight is 289 g/mol. The first-order valence-electron chi connectivity index (χ1n) is 7.04. The molecule has 0 unspecified atom stereocenters. The maximum Gasteiger partial charge on any atom is 0.228 e. The minimum atomic E-state index is -0.546. The topological polar surface area (TPSA) is 56.1 Å². The molecule has 5 heteroatoms. The van der Waals surface area contributed by atoms with Crippen molar-refractivity contribution in [2.45, 2.75) is 27.3 Å². The van der Waals surface area contributed by atoms with Crippen LogP contribution >= 0.6 is 0 Å². The van der Waals surface area contributed by atoms with E-state index >= 15 is 0 Å². The van der Waals surface area contributed by atoms with Gasteiger partial charge in [0.25, 0.3) is 0 Å². The van der Waals surface area contributed by atoms with E-state index in [9.17, 15) is 4.79 Å². The Balaban J connectivity index is 2.17. The Morgan fingerprint density at radius 1 is 1.43 bits per heavy atom. The third kappa shape index (κ3) is 3.24. The summed E-state index contributed by atoms with van der Waals surface area (Å²) in [5.74, 6) is -0.0317. The van der Waals surface area contributed by atoms with Crippen LogP contribution in [0.3, 0.4) is 0 Å². The molecular formula is C16H23N3O2. The Morgan fingerprint density at radius 3 is 2.81 bits per heavy atom. The summed E-state index contributed by atoms with van der Waals surface area (Å²) >= 11 is 0. The zero-order valence-corrected chi connectivity index (χ0v) is 13.4. The molecule has 114 valence electrons. The number of carbonyl (C=O) groups excluding carboxylic acids is 1. The van der Waals surface area contributed by atoms with Crippen LogP contribution in [0.5, 0.6) is 0 Å². The molecule has 5 nitrogen and oxygen atoms in total. The molecule has 0 aliphatic carbocycles. The molecule has 2 rings (SSSR count). The number of nitrogens with one attached hydrogen (secondary N) is 1. The number of aromatic nitrogens is 2. The van der Waals surface area contributed by atoms with Crippen molar-refractivity contribution in [3.8, 4) is 0 Å². The van der Waals surface area contributed by atoms with E-state index in [1.807, 2.05) is 25.6 Å². The van der Waals surface area contributed by atoms with Crippen LogP contribution in [0.25, 0.3) is 10.9 Å². The number of ether oxygens (including phenoxy) is 1. The molecule has 0 atom stereocenters. The fraction of sp³-hybridized carbons (Fsp3) is 0.500. The Kier molecular flexibility index (Phi) is 4.32. The molecule has 0 saturated heterocycles. The van der Waals surface area contributed by atoms with Gasteiger partial charge in [-0.15, -0.1) is 0 Å². The number of amides is 1. The molecule has 0 aliphatic rings. The highest BCUT2D eigenvalue weighted by molar-refractivity contribution is 5.85. The average Bonchev–Trinajstić information content (AvgIpc) is 2.72. The summed E-state index contributed by atoms with van der Waals surface area (Å²) in [4.78, 5) is 12.2. The van der Waals surface area contributed by atoms with E-state index in [0.717, 1.165) is 16.6 Å². The lowest BCUT2D eigenvalue weighted by Gasteiger charge is -2.22. The maximum absolute atomic E-state index is 12.2. The Hall–Kier alpha value is -1.88. The van der Waals surface area contributed by atoms with Crippen molar-refractivity contribution in [2.24, 2.45) is 12.5 Å². The number of benzene rings is 1. The van der Waals surface area contributed by atoms with E-state index in [-0.39, 0.29) is 5.91 Å². The molecule has 1 heterocycles. The van der Waals surface area contributed by atoms with E-state index in [1.165, 1.54) is 5.56 Å². The lowest BCUT2D eigenvalue weighted by Crippen LogP contribution is -2.39. The second kappa shape index (κ2) is 5.85. The van der Waals surface area contributed by atoms with Crippen molar-refractivity contribution in [3.63, 3.8) is 0 Å². The number of aryl methyl sites for hydroxylation is 2. The van der Waals surface area contributed by atoms with Gasteiger partial charge in [0.1, 0.15) is 0 Å². The van der Waals surface area contributed by atoms with Crippen LogP contribution in [-0.4, -0.2) is 29.4 Å². The molecule has 0 saturated carbocycles. The van der Waals surface area contributed by atoms with Crippen LogP contribution in [0.4, 0.5) is 0 Å². The van der Waals surface area contributed by atoms with Crippen LogP contribution in [0, 0.1) is 12.3 Å². The predicted molar refractivity (Wildman–Crippen MR) is 83.0 cm³/mol. The quantitative estimate of drug-likeness (QED) is 0.918. The molecule has 2 aromatic rings. The molecule has 21 heavy (non-hydrogen) atoms. The highest BCUT2D eigenvalue weighted by Gasteiger charge is 2.27. The number of hydrogen-bond donors (Lipinski definition) is 1. The van der Waals surface area contributed by atoms with Gasteiger partial charge in [0.05, 0.1) is 29.8 Å². The number of methoxy groups -OCH3 is 1. The van der Waals surface area contributed by atoms with E-state index in [1.54, 1.807) is 7.11 Å². The third-order valence-electron chi connectivity index (χ3n) is 3.62. The summed E-state index contributed by atoms with van der Waals surface area (Å²) in [6.07, 6.45) is 0. The van der Waals surface area contributed by atoms with Crippen LogP contribution in [0.2, 0.25) is 0 Å². The molecule has 1 N–H and O–H groups in total. The van der Waals surface area contributed by atoms with E-state index in [2.05, 4.69) is 35.5 Å². The number of rotatable bonds is 5. The molecule has 0 bridgehead atoms. The fourth-order valence-corrected chi connectivity index (χ4v) is 2.41. The molecule has 0 spiro atoms. The van der Waals surface area contributed by atoms with Crippen molar-refractivity contribution in [2.75, 3.05) is 13.7 Å². The molecule has 1 aromatic heterocycles. The summed E-state index contributed by atoms with van der Waals surface area (Å²) < 4.78 is 6.93. The lowest BCUT2D eigenvalue weighted by atomic mass is 9.93. The molecule has 1 amide bonds. The molecule has 1 aromatic carbocycles. The van der Waals surface area contributed by atoms with Gasteiger partial charge in [-0.3, -0.25) is 9.48 Å². The number of nitrogens with zero attached hydrogens (tertiary/aromatic N) is 2. The zero-order valence-electron chi connectivity index (χ0n) is 13.4. The molecular weight excluding hydrogens is 266 g/mol. The summed E-state index contributed by atoms with van der Waals surface area (Å²) in [5, 5.41) is 8.54. The van der Waals surface area contributed by atoms with E-state index in [4.69, 9.17) is 4.74 Å². The summed E-state index contributed by atoms with van der Waals surface area (Å²) in [6, 6.07) is 6.22.